The average molecular weight is 174 g/mol. The van der Waals surface area contributed by atoms with Crippen molar-refractivity contribution in [2.75, 3.05) is 0 Å². The molecule has 0 unspecified atom stereocenters. The van der Waals surface area contributed by atoms with E-state index in [-0.39, 0.29) is 17.8 Å². The predicted octanol–water partition coefficient (Wildman–Crippen LogP) is -0.00900. The highest BCUT2D eigenvalue weighted by atomic mass is 16.3. The lowest BCUT2D eigenvalue weighted by Crippen LogP contribution is -2.52. The van der Waals surface area contributed by atoms with Crippen LogP contribution in [0.2, 0.25) is 0 Å². The Bertz CT molecular complexity index is 101. The lowest BCUT2D eigenvalue weighted by Gasteiger charge is -2.42. The molecule has 1 aliphatic rings. The van der Waals surface area contributed by atoms with Gasteiger partial charge in [-0.2, -0.15) is 0 Å². The van der Waals surface area contributed by atoms with Crippen LogP contribution in [-0.4, -0.2) is 33.6 Å². The second kappa shape index (κ2) is 3.32. The molecule has 0 heterocycles. The summed E-state index contributed by atoms with van der Waals surface area (Å²) in [6.45, 7) is 5.44. The van der Waals surface area contributed by atoms with Gasteiger partial charge in [0, 0.05) is 17.8 Å². The lowest BCUT2D eigenvalue weighted by molar-refractivity contribution is -0.135. The Hall–Kier alpha value is -0.120. The molecule has 0 aromatic heterocycles. The van der Waals surface area contributed by atoms with Crippen LogP contribution in [0.25, 0.3) is 0 Å². The first-order valence-corrected chi connectivity index (χ1v) is 4.51. The van der Waals surface area contributed by atoms with E-state index in [9.17, 15) is 15.3 Å². The Morgan fingerprint density at radius 3 is 0.917 bits per heavy atom. The molecule has 0 bridgehead atoms. The van der Waals surface area contributed by atoms with Crippen LogP contribution in [0.15, 0.2) is 0 Å². The molecule has 0 aromatic carbocycles. The van der Waals surface area contributed by atoms with Gasteiger partial charge in [-0.3, -0.25) is 0 Å². The fourth-order valence-corrected chi connectivity index (χ4v) is 2.04. The van der Waals surface area contributed by atoms with Crippen molar-refractivity contribution in [3.8, 4) is 0 Å². The van der Waals surface area contributed by atoms with E-state index in [1.807, 2.05) is 20.8 Å². The summed E-state index contributed by atoms with van der Waals surface area (Å²) in [7, 11) is 0. The van der Waals surface area contributed by atoms with Crippen LogP contribution in [0.5, 0.6) is 0 Å². The van der Waals surface area contributed by atoms with E-state index in [0.717, 1.165) is 0 Å². The van der Waals surface area contributed by atoms with Gasteiger partial charge in [0.15, 0.2) is 0 Å². The van der Waals surface area contributed by atoms with Crippen LogP contribution in [0.1, 0.15) is 20.8 Å². The molecule has 0 radical (unpaired) electrons. The molecule has 72 valence electrons. The molecule has 1 rings (SSSR count). The molecule has 12 heavy (non-hydrogen) atoms. The SMILES string of the molecule is CC1C(O)C(C)C(O)C(C)C1O. The van der Waals surface area contributed by atoms with Crippen molar-refractivity contribution in [2.45, 2.75) is 39.1 Å². The van der Waals surface area contributed by atoms with Crippen LogP contribution in [0, 0.1) is 17.8 Å². The summed E-state index contributed by atoms with van der Waals surface area (Å²) in [5.41, 5.74) is 0. The minimum absolute atomic E-state index is 0.140. The third-order valence-electron chi connectivity index (χ3n) is 3.23. The second-order valence-corrected chi connectivity index (χ2v) is 4.05. The Kier molecular flexibility index (Phi) is 2.76. The van der Waals surface area contributed by atoms with Crippen LogP contribution >= 0.6 is 0 Å². The van der Waals surface area contributed by atoms with E-state index in [1.165, 1.54) is 0 Å². The molecule has 3 heteroatoms. The topological polar surface area (TPSA) is 60.7 Å². The van der Waals surface area contributed by atoms with Crippen molar-refractivity contribution in [1.82, 2.24) is 0 Å². The molecule has 0 spiro atoms. The van der Waals surface area contributed by atoms with Crippen molar-refractivity contribution >= 4 is 0 Å². The maximum atomic E-state index is 9.58. The highest BCUT2D eigenvalue weighted by Crippen LogP contribution is 2.33. The van der Waals surface area contributed by atoms with Gasteiger partial charge in [0.05, 0.1) is 18.3 Å². The van der Waals surface area contributed by atoms with Gasteiger partial charge in [-0.25, -0.2) is 0 Å². The van der Waals surface area contributed by atoms with E-state index >= 15 is 0 Å². The van der Waals surface area contributed by atoms with Crippen LogP contribution in [0.3, 0.4) is 0 Å². The first kappa shape index (κ1) is 9.96. The van der Waals surface area contributed by atoms with E-state index in [1.54, 1.807) is 0 Å². The van der Waals surface area contributed by atoms with E-state index in [0.29, 0.717) is 0 Å². The molecule has 1 saturated carbocycles. The molecule has 0 aliphatic heterocycles. The number of hydrogen-bond donors (Lipinski definition) is 3. The first-order valence-electron chi connectivity index (χ1n) is 4.51. The second-order valence-electron chi connectivity index (χ2n) is 4.05. The van der Waals surface area contributed by atoms with Gasteiger partial charge < -0.3 is 15.3 Å². The molecule has 1 fully saturated rings. The fourth-order valence-electron chi connectivity index (χ4n) is 2.04. The molecule has 0 amide bonds. The van der Waals surface area contributed by atoms with Crippen LogP contribution < -0.4 is 0 Å². The van der Waals surface area contributed by atoms with Crippen LogP contribution in [-0.2, 0) is 0 Å². The summed E-state index contributed by atoms with van der Waals surface area (Å²) in [5.74, 6) is -0.421. The third kappa shape index (κ3) is 1.37. The maximum absolute atomic E-state index is 9.58. The quantitative estimate of drug-likeness (QED) is 0.484. The number of aliphatic hydroxyl groups excluding tert-OH is 3. The zero-order chi connectivity index (χ0) is 9.46. The number of hydrogen-bond acceptors (Lipinski definition) is 3. The molecule has 1 aliphatic carbocycles. The summed E-state index contributed by atoms with van der Waals surface area (Å²) in [5, 5.41) is 28.8. The predicted molar refractivity (Wildman–Crippen MR) is 45.5 cm³/mol. The summed E-state index contributed by atoms with van der Waals surface area (Å²) < 4.78 is 0. The fraction of sp³-hybridized carbons (Fsp3) is 1.00. The standard InChI is InChI=1S/C9H18O3/c1-4-7(10)5(2)9(12)6(3)8(4)11/h4-12H,1-3H3. The lowest BCUT2D eigenvalue weighted by atomic mass is 9.71. The van der Waals surface area contributed by atoms with Crippen molar-refractivity contribution in [1.29, 1.82) is 0 Å². The van der Waals surface area contributed by atoms with Gasteiger partial charge >= 0.3 is 0 Å². The van der Waals surface area contributed by atoms with Crippen LogP contribution in [0.4, 0.5) is 0 Å². The van der Waals surface area contributed by atoms with Crippen molar-refractivity contribution in [3.05, 3.63) is 0 Å². The minimum Gasteiger partial charge on any atom is -0.392 e. The minimum atomic E-state index is -0.591. The van der Waals surface area contributed by atoms with E-state index in [4.69, 9.17) is 0 Å². The Morgan fingerprint density at radius 1 is 0.583 bits per heavy atom. The third-order valence-corrected chi connectivity index (χ3v) is 3.23. The zero-order valence-corrected chi connectivity index (χ0v) is 7.81. The van der Waals surface area contributed by atoms with E-state index < -0.39 is 18.3 Å². The van der Waals surface area contributed by atoms with Gasteiger partial charge in [-0.1, -0.05) is 20.8 Å². The number of aliphatic hydroxyl groups is 3. The average Bonchev–Trinajstić information content (AvgIpc) is 2.08. The molecule has 0 atom stereocenters. The van der Waals surface area contributed by atoms with Gasteiger partial charge in [-0.15, -0.1) is 0 Å². The van der Waals surface area contributed by atoms with Crippen molar-refractivity contribution in [3.63, 3.8) is 0 Å². The number of rotatable bonds is 0. The zero-order valence-electron chi connectivity index (χ0n) is 7.81. The Labute approximate surface area is 73.0 Å². The highest BCUT2D eigenvalue weighted by Gasteiger charge is 2.42. The van der Waals surface area contributed by atoms with E-state index in [2.05, 4.69) is 0 Å². The highest BCUT2D eigenvalue weighted by molar-refractivity contribution is 4.92. The molecule has 3 N–H and O–H groups in total. The summed E-state index contributed by atoms with van der Waals surface area (Å²) in [6, 6.07) is 0. The normalized spacial score (nSPS) is 55.5. The van der Waals surface area contributed by atoms with Gasteiger partial charge in [0.1, 0.15) is 0 Å². The van der Waals surface area contributed by atoms with Crippen molar-refractivity contribution < 1.29 is 15.3 Å². The van der Waals surface area contributed by atoms with Gasteiger partial charge in [0.25, 0.3) is 0 Å². The monoisotopic (exact) mass is 174 g/mol. The molecule has 0 saturated heterocycles. The van der Waals surface area contributed by atoms with Crippen molar-refractivity contribution in [2.24, 2.45) is 17.8 Å². The molecular formula is C9H18O3. The summed E-state index contributed by atoms with van der Waals surface area (Å²) in [6.07, 6.45) is -1.77. The van der Waals surface area contributed by atoms with Gasteiger partial charge in [0.2, 0.25) is 0 Å². The molecule has 3 nitrogen and oxygen atoms in total. The molecule has 0 aromatic rings. The first-order chi connectivity index (χ1) is 5.46. The largest absolute Gasteiger partial charge is 0.392 e. The molecular weight excluding hydrogens is 156 g/mol. The summed E-state index contributed by atoms with van der Waals surface area (Å²) in [4.78, 5) is 0. The summed E-state index contributed by atoms with van der Waals surface area (Å²) >= 11 is 0. The Morgan fingerprint density at radius 2 is 0.750 bits per heavy atom. The maximum Gasteiger partial charge on any atom is 0.0640 e. The Balaban J connectivity index is 2.76. The van der Waals surface area contributed by atoms with Gasteiger partial charge in [-0.05, 0) is 0 Å². The smallest absolute Gasteiger partial charge is 0.0640 e.